The van der Waals surface area contributed by atoms with E-state index in [1.807, 2.05) is 0 Å². The summed E-state index contributed by atoms with van der Waals surface area (Å²) in [6.45, 7) is 8.34. The number of nitrogens with zero attached hydrogens (tertiary/aromatic N) is 2. The van der Waals surface area contributed by atoms with E-state index in [0.29, 0.717) is 16.9 Å². The van der Waals surface area contributed by atoms with Crippen LogP contribution in [0.3, 0.4) is 0 Å². The summed E-state index contributed by atoms with van der Waals surface area (Å²) in [7, 11) is 0. The largest absolute Gasteiger partial charge is 0.312 e. The van der Waals surface area contributed by atoms with Crippen LogP contribution in [0.4, 0.5) is 0 Å². The van der Waals surface area contributed by atoms with Gasteiger partial charge in [-0.25, -0.2) is 4.98 Å². The van der Waals surface area contributed by atoms with Crippen LogP contribution in [0.2, 0.25) is 0 Å². The highest BCUT2D eigenvalue weighted by Gasteiger charge is 2.58. The summed E-state index contributed by atoms with van der Waals surface area (Å²) in [6.07, 6.45) is 6.73. The van der Waals surface area contributed by atoms with Crippen molar-refractivity contribution < 1.29 is 0 Å². The molecular formula is C14H24N4. The van der Waals surface area contributed by atoms with E-state index in [1.54, 1.807) is 6.33 Å². The van der Waals surface area contributed by atoms with Gasteiger partial charge in [0.05, 0.1) is 0 Å². The minimum absolute atomic E-state index is 0.439. The molecule has 0 aliphatic heterocycles. The first-order valence-electron chi connectivity index (χ1n) is 7.10. The Labute approximate surface area is 109 Å². The summed E-state index contributed by atoms with van der Waals surface area (Å²) in [4.78, 5) is 4.18. The smallest absolute Gasteiger partial charge is 0.137 e. The number of hydrogen-bond acceptors (Lipinski definition) is 3. The molecule has 2 aliphatic carbocycles. The van der Waals surface area contributed by atoms with Crippen molar-refractivity contribution in [3.8, 4) is 0 Å². The van der Waals surface area contributed by atoms with E-state index in [9.17, 15) is 0 Å². The van der Waals surface area contributed by atoms with E-state index in [-0.39, 0.29) is 0 Å². The van der Waals surface area contributed by atoms with Crippen molar-refractivity contribution >= 4 is 0 Å². The quantitative estimate of drug-likeness (QED) is 0.858. The molecule has 2 bridgehead atoms. The molecule has 0 radical (unpaired) electrons. The van der Waals surface area contributed by atoms with Gasteiger partial charge in [0.15, 0.2) is 0 Å². The third-order valence-corrected chi connectivity index (χ3v) is 5.44. The molecule has 18 heavy (non-hydrogen) atoms. The molecule has 3 rings (SSSR count). The van der Waals surface area contributed by atoms with Crippen molar-refractivity contribution in [1.82, 2.24) is 20.5 Å². The van der Waals surface area contributed by atoms with Gasteiger partial charge in [-0.15, -0.1) is 0 Å². The highest BCUT2D eigenvalue weighted by molar-refractivity contribution is 5.12. The van der Waals surface area contributed by atoms with E-state index in [1.165, 1.54) is 19.3 Å². The van der Waals surface area contributed by atoms with Crippen LogP contribution in [0.1, 0.15) is 45.9 Å². The van der Waals surface area contributed by atoms with Crippen molar-refractivity contribution in [3.63, 3.8) is 0 Å². The predicted molar refractivity (Wildman–Crippen MR) is 71.1 cm³/mol. The lowest BCUT2D eigenvalue weighted by Crippen LogP contribution is -2.50. The maximum Gasteiger partial charge on any atom is 0.137 e. The van der Waals surface area contributed by atoms with E-state index < -0.39 is 0 Å². The van der Waals surface area contributed by atoms with E-state index in [0.717, 1.165) is 24.7 Å². The molecule has 3 unspecified atom stereocenters. The van der Waals surface area contributed by atoms with E-state index >= 15 is 0 Å². The summed E-state index contributed by atoms with van der Waals surface area (Å²) in [5.74, 6) is 1.89. The molecule has 4 nitrogen and oxygen atoms in total. The molecule has 1 heterocycles. The Hall–Kier alpha value is -0.900. The first-order chi connectivity index (χ1) is 8.52. The number of aromatic nitrogens is 3. The van der Waals surface area contributed by atoms with Gasteiger partial charge in [0.1, 0.15) is 12.2 Å². The normalized spacial score (nSPS) is 37.3. The first kappa shape index (κ1) is 12.2. The highest BCUT2D eigenvalue weighted by Crippen LogP contribution is 2.62. The molecule has 3 atom stereocenters. The standard InChI is InChI=1S/C14H24N4/c1-13(2)10-4-6-14(3,8-10)12(13)15-7-5-11-16-9-17-18-11/h9-10,12,15H,4-8H2,1-3H3,(H,16,17,18). The second-order valence-electron chi connectivity index (χ2n) is 6.98. The predicted octanol–water partition coefficient (Wildman–Crippen LogP) is 2.15. The lowest BCUT2D eigenvalue weighted by atomic mass is 9.68. The fourth-order valence-electron chi connectivity index (χ4n) is 4.50. The van der Waals surface area contributed by atoms with Crippen molar-refractivity contribution in [2.75, 3.05) is 6.54 Å². The average molecular weight is 248 g/mol. The van der Waals surface area contributed by atoms with Gasteiger partial charge < -0.3 is 5.32 Å². The van der Waals surface area contributed by atoms with Crippen LogP contribution in [-0.4, -0.2) is 27.8 Å². The van der Waals surface area contributed by atoms with Crippen molar-refractivity contribution in [3.05, 3.63) is 12.2 Å². The molecule has 2 fully saturated rings. The van der Waals surface area contributed by atoms with Crippen LogP contribution in [0.5, 0.6) is 0 Å². The summed E-state index contributed by atoms with van der Waals surface area (Å²) < 4.78 is 0. The third-order valence-electron chi connectivity index (χ3n) is 5.44. The summed E-state index contributed by atoms with van der Waals surface area (Å²) in [5.41, 5.74) is 0.948. The molecule has 100 valence electrons. The minimum Gasteiger partial charge on any atom is -0.312 e. The topological polar surface area (TPSA) is 53.6 Å². The van der Waals surface area contributed by atoms with Gasteiger partial charge >= 0.3 is 0 Å². The van der Waals surface area contributed by atoms with Gasteiger partial charge in [0.2, 0.25) is 0 Å². The fraction of sp³-hybridized carbons (Fsp3) is 0.857. The average Bonchev–Trinajstić information content (AvgIpc) is 2.96. The Kier molecular flexibility index (Phi) is 2.73. The molecule has 0 spiro atoms. The number of hydrogen-bond donors (Lipinski definition) is 2. The Morgan fingerprint density at radius 2 is 2.28 bits per heavy atom. The Morgan fingerprint density at radius 1 is 1.44 bits per heavy atom. The van der Waals surface area contributed by atoms with Crippen LogP contribution >= 0.6 is 0 Å². The molecule has 1 aromatic rings. The lowest BCUT2D eigenvalue weighted by Gasteiger charge is -2.43. The third kappa shape index (κ3) is 1.78. The lowest BCUT2D eigenvalue weighted by molar-refractivity contribution is 0.110. The maximum atomic E-state index is 4.18. The molecule has 2 saturated carbocycles. The summed E-state index contributed by atoms with van der Waals surface area (Å²) in [5, 5.41) is 10.6. The minimum atomic E-state index is 0.439. The Morgan fingerprint density at radius 3 is 2.89 bits per heavy atom. The highest BCUT2D eigenvalue weighted by atomic mass is 15.2. The van der Waals surface area contributed by atoms with Crippen LogP contribution in [0.25, 0.3) is 0 Å². The van der Waals surface area contributed by atoms with Gasteiger partial charge in [-0.3, -0.25) is 5.10 Å². The number of aromatic amines is 1. The Bertz CT molecular complexity index is 407. The van der Waals surface area contributed by atoms with Crippen LogP contribution in [-0.2, 0) is 6.42 Å². The van der Waals surface area contributed by atoms with Crippen molar-refractivity contribution in [2.24, 2.45) is 16.7 Å². The molecule has 0 amide bonds. The molecule has 2 aliphatic rings. The SMILES string of the molecule is CC12CCC(C1)C(C)(C)C2NCCc1ncn[nH]1. The fourth-order valence-corrected chi connectivity index (χ4v) is 4.50. The van der Waals surface area contributed by atoms with Gasteiger partial charge in [0, 0.05) is 19.0 Å². The number of rotatable bonds is 4. The molecular weight excluding hydrogens is 224 g/mol. The first-order valence-corrected chi connectivity index (χ1v) is 7.10. The van der Waals surface area contributed by atoms with Gasteiger partial charge in [-0.05, 0) is 36.0 Å². The molecule has 0 saturated heterocycles. The maximum absolute atomic E-state index is 4.18. The van der Waals surface area contributed by atoms with Crippen LogP contribution in [0, 0.1) is 16.7 Å². The molecule has 2 N–H and O–H groups in total. The second kappa shape index (κ2) is 4.05. The van der Waals surface area contributed by atoms with Gasteiger partial charge in [-0.2, -0.15) is 5.10 Å². The van der Waals surface area contributed by atoms with Crippen molar-refractivity contribution in [2.45, 2.75) is 52.5 Å². The second-order valence-corrected chi connectivity index (χ2v) is 6.98. The van der Waals surface area contributed by atoms with Crippen LogP contribution in [0.15, 0.2) is 6.33 Å². The molecule has 0 aromatic carbocycles. The summed E-state index contributed by atoms with van der Waals surface area (Å²) >= 11 is 0. The summed E-state index contributed by atoms with van der Waals surface area (Å²) in [6, 6.07) is 0.645. The van der Waals surface area contributed by atoms with Gasteiger partial charge in [-0.1, -0.05) is 20.8 Å². The number of fused-ring (bicyclic) bond motifs is 2. The zero-order valence-corrected chi connectivity index (χ0v) is 11.7. The zero-order chi connectivity index (χ0) is 12.8. The number of nitrogens with one attached hydrogen (secondary N) is 2. The molecule has 4 heteroatoms. The number of H-pyrrole nitrogens is 1. The van der Waals surface area contributed by atoms with Crippen molar-refractivity contribution in [1.29, 1.82) is 0 Å². The van der Waals surface area contributed by atoms with E-state index in [2.05, 4.69) is 41.3 Å². The molecule has 1 aromatic heterocycles. The zero-order valence-electron chi connectivity index (χ0n) is 11.7. The van der Waals surface area contributed by atoms with Gasteiger partial charge in [0.25, 0.3) is 0 Å². The van der Waals surface area contributed by atoms with Crippen LogP contribution < -0.4 is 5.32 Å². The van der Waals surface area contributed by atoms with E-state index in [4.69, 9.17) is 0 Å². The monoisotopic (exact) mass is 248 g/mol. The Balaban J connectivity index is 1.62.